The highest BCUT2D eigenvalue weighted by atomic mass is 16.5. The summed E-state index contributed by atoms with van der Waals surface area (Å²) in [5.74, 6) is 1.62. The van der Waals surface area contributed by atoms with Crippen LogP contribution in [0.5, 0.6) is 0 Å². The first kappa shape index (κ1) is 15.5. The molecule has 1 aromatic rings. The van der Waals surface area contributed by atoms with Crippen LogP contribution < -0.4 is 5.32 Å². The van der Waals surface area contributed by atoms with Gasteiger partial charge in [-0.2, -0.15) is 0 Å². The molecule has 2 rings (SSSR count). The third-order valence-corrected chi connectivity index (χ3v) is 4.19. The quantitative estimate of drug-likeness (QED) is 0.842. The van der Waals surface area contributed by atoms with Gasteiger partial charge in [-0.25, -0.2) is 0 Å². The van der Waals surface area contributed by atoms with Crippen LogP contribution in [0.1, 0.15) is 51.2 Å². The van der Waals surface area contributed by atoms with Gasteiger partial charge in [-0.3, -0.25) is 0 Å². The Balaban J connectivity index is 1.84. The van der Waals surface area contributed by atoms with Crippen molar-refractivity contribution in [3.8, 4) is 0 Å². The van der Waals surface area contributed by atoms with E-state index in [0.29, 0.717) is 6.10 Å². The fraction of sp³-hybridized carbons (Fsp3) is 0.667. The number of nitrogens with one attached hydrogen (secondary N) is 1. The lowest BCUT2D eigenvalue weighted by molar-refractivity contribution is -0.00917. The molecular weight excluding hydrogens is 246 g/mol. The summed E-state index contributed by atoms with van der Waals surface area (Å²) in [6.45, 7) is 9.55. The van der Waals surface area contributed by atoms with Crippen molar-refractivity contribution in [1.29, 1.82) is 0 Å². The Morgan fingerprint density at radius 2 is 1.80 bits per heavy atom. The molecule has 0 amide bonds. The van der Waals surface area contributed by atoms with Gasteiger partial charge in [-0.1, -0.05) is 45.0 Å². The second kappa shape index (κ2) is 7.80. The largest absolute Gasteiger partial charge is 0.374 e. The normalized spacial score (nSPS) is 26.6. The maximum atomic E-state index is 6.15. The van der Waals surface area contributed by atoms with Crippen molar-refractivity contribution in [3.05, 3.63) is 35.4 Å². The van der Waals surface area contributed by atoms with E-state index in [1.165, 1.54) is 30.4 Å². The van der Waals surface area contributed by atoms with E-state index in [-0.39, 0.29) is 0 Å². The number of benzene rings is 1. The van der Waals surface area contributed by atoms with Crippen molar-refractivity contribution in [2.24, 2.45) is 11.8 Å². The average Bonchev–Trinajstić information content (AvgIpc) is 2.42. The molecule has 0 aromatic heterocycles. The van der Waals surface area contributed by atoms with E-state index in [9.17, 15) is 0 Å². The maximum absolute atomic E-state index is 6.15. The summed E-state index contributed by atoms with van der Waals surface area (Å²) in [7, 11) is 0. The summed E-state index contributed by atoms with van der Waals surface area (Å²) in [6.07, 6.45) is 4.26. The van der Waals surface area contributed by atoms with E-state index in [2.05, 4.69) is 50.4 Å². The standard InChI is InChI=1S/C18H29NO/c1-4-19-12-16-6-5-7-17(11-16)13-20-18-9-14(2)8-15(3)10-18/h5-7,11,14-15,18-19H,4,8-10,12-13H2,1-3H3. The first-order valence-corrected chi connectivity index (χ1v) is 8.07. The van der Waals surface area contributed by atoms with E-state index in [1.807, 2.05) is 0 Å². The topological polar surface area (TPSA) is 21.3 Å². The van der Waals surface area contributed by atoms with Crippen LogP contribution in [0.25, 0.3) is 0 Å². The van der Waals surface area contributed by atoms with Crippen molar-refractivity contribution < 1.29 is 4.74 Å². The van der Waals surface area contributed by atoms with Gasteiger partial charge < -0.3 is 10.1 Å². The summed E-state index contributed by atoms with van der Waals surface area (Å²) < 4.78 is 6.15. The Bertz CT molecular complexity index is 394. The van der Waals surface area contributed by atoms with Gasteiger partial charge in [0.2, 0.25) is 0 Å². The van der Waals surface area contributed by atoms with E-state index in [4.69, 9.17) is 4.74 Å². The number of hydrogen-bond acceptors (Lipinski definition) is 2. The Labute approximate surface area is 123 Å². The van der Waals surface area contributed by atoms with Gasteiger partial charge in [-0.05, 0) is 48.8 Å². The minimum absolute atomic E-state index is 0.450. The zero-order valence-corrected chi connectivity index (χ0v) is 13.2. The summed E-state index contributed by atoms with van der Waals surface area (Å²) >= 11 is 0. The van der Waals surface area contributed by atoms with Crippen molar-refractivity contribution in [1.82, 2.24) is 5.32 Å². The first-order valence-electron chi connectivity index (χ1n) is 8.07. The molecule has 1 aliphatic carbocycles. The van der Waals surface area contributed by atoms with Crippen LogP contribution in [0.2, 0.25) is 0 Å². The molecule has 0 aliphatic heterocycles. The minimum atomic E-state index is 0.450. The van der Waals surface area contributed by atoms with Gasteiger partial charge in [-0.15, -0.1) is 0 Å². The Morgan fingerprint density at radius 1 is 1.10 bits per heavy atom. The van der Waals surface area contributed by atoms with Crippen molar-refractivity contribution in [2.45, 2.75) is 59.3 Å². The average molecular weight is 275 g/mol. The van der Waals surface area contributed by atoms with Crippen LogP contribution in [0.4, 0.5) is 0 Å². The molecule has 0 radical (unpaired) electrons. The van der Waals surface area contributed by atoms with E-state index >= 15 is 0 Å². The Morgan fingerprint density at radius 3 is 2.50 bits per heavy atom. The van der Waals surface area contributed by atoms with Crippen LogP contribution >= 0.6 is 0 Å². The van der Waals surface area contributed by atoms with Crippen molar-refractivity contribution >= 4 is 0 Å². The molecule has 2 heteroatoms. The van der Waals surface area contributed by atoms with Gasteiger partial charge in [0.25, 0.3) is 0 Å². The van der Waals surface area contributed by atoms with Crippen molar-refractivity contribution in [2.75, 3.05) is 6.54 Å². The van der Waals surface area contributed by atoms with Gasteiger partial charge >= 0.3 is 0 Å². The first-order chi connectivity index (χ1) is 9.67. The van der Waals surface area contributed by atoms with Gasteiger partial charge in [0.15, 0.2) is 0 Å². The molecule has 2 nitrogen and oxygen atoms in total. The lowest BCUT2D eigenvalue weighted by atomic mass is 9.82. The van der Waals surface area contributed by atoms with Crippen LogP contribution in [0, 0.1) is 11.8 Å². The lowest BCUT2D eigenvalue weighted by Gasteiger charge is -2.31. The molecule has 2 atom stereocenters. The minimum Gasteiger partial charge on any atom is -0.374 e. The number of ether oxygens (including phenoxy) is 1. The summed E-state index contributed by atoms with van der Waals surface area (Å²) in [4.78, 5) is 0. The highest BCUT2D eigenvalue weighted by Crippen LogP contribution is 2.30. The summed E-state index contributed by atoms with van der Waals surface area (Å²) in [5.41, 5.74) is 2.64. The second-order valence-corrected chi connectivity index (χ2v) is 6.45. The van der Waals surface area contributed by atoms with Gasteiger partial charge in [0.1, 0.15) is 0 Å². The van der Waals surface area contributed by atoms with Crippen LogP contribution in [-0.2, 0) is 17.9 Å². The fourth-order valence-corrected chi connectivity index (χ4v) is 3.32. The molecule has 0 heterocycles. The highest BCUT2D eigenvalue weighted by Gasteiger charge is 2.24. The van der Waals surface area contributed by atoms with Gasteiger partial charge in [0.05, 0.1) is 12.7 Å². The molecule has 0 saturated heterocycles. The maximum Gasteiger partial charge on any atom is 0.0720 e. The lowest BCUT2D eigenvalue weighted by Crippen LogP contribution is -2.26. The molecule has 112 valence electrons. The zero-order chi connectivity index (χ0) is 14.4. The molecule has 1 N–H and O–H groups in total. The van der Waals surface area contributed by atoms with Gasteiger partial charge in [0, 0.05) is 6.54 Å². The number of hydrogen-bond donors (Lipinski definition) is 1. The van der Waals surface area contributed by atoms with Crippen molar-refractivity contribution in [3.63, 3.8) is 0 Å². The second-order valence-electron chi connectivity index (χ2n) is 6.45. The predicted octanol–water partition coefficient (Wildman–Crippen LogP) is 4.14. The molecular formula is C18H29NO. The smallest absolute Gasteiger partial charge is 0.0720 e. The molecule has 1 aromatic carbocycles. The molecule has 0 spiro atoms. The SMILES string of the molecule is CCNCc1cccc(COC2CC(C)CC(C)C2)c1. The van der Waals surface area contributed by atoms with Crippen LogP contribution in [-0.4, -0.2) is 12.6 Å². The Hall–Kier alpha value is -0.860. The predicted molar refractivity (Wildman–Crippen MR) is 84.6 cm³/mol. The summed E-state index contributed by atoms with van der Waals surface area (Å²) in [5, 5.41) is 3.37. The van der Waals surface area contributed by atoms with E-state index in [1.54, 1.807) is 0 Å². The van der Waals surface area contributed by atoms with E-state index in [0.717, 1.165) is 31.5 Å². The molecule has 1 aliphatic rings. The van der Waals surface area contributed by atoms with Crippen LogP contribution in [0.15, 0.2) is 24.3 Å². The molecule has 0 bridgehead atoms. The third-order valence-electron chi connectivity index (χ3n) is 4.19. The third kappa shape index (κ3) is 4.92. The van der Waals surface area contributed by atoms with Crippen LogP contribution in [0.3, 0.4) is 0 Å². The molecule has 1 fully saturated rings. The summed E-state index contributed by atoms with van der Waals surface area (Å²) in [6, 6.07) is 8.75. The molecule has 1 saturated carbocycles. The highest BCUT2D eigenvalue weighted by molar-refractivity contribution is 5.22. The molecule has 2 unspecified atom stereocenters. The Kier molecular flexibility index (Phi) is 6.06. The monoisotopic (exact) mass is 275 g/mol. The molecule has 20 heavy (non-hydrogen) atoms. The fourth-order valence-electron chi connectivity index (χ4n) is 3.32. The zero-order valence-electron chi connectivity index (χ0n) is 13.2. The van der Waals surface area contributed by atoms with E-state index < -0.39 is 0 Å². The number of rotatable bonds is 6.